The summed E-state index contributed by atoms with van der Waals surface area (Å²) >= 11 is 0. The van der Waals surface area contributed by atoms with Crippen molar-refractivity contribution in [3.8, 4) is 0 Å². The van der Waals surface area contributed by atoms with Crippen LogP contribution in [0, 0.1) is 0 Å². The first kappa shape index (κ1) is 48.4. The average molecular weight is 755 g/mol. The van der Waals surface area contributed by atoms with E-state index >= 15 is 0 Å². The molecule has 0 aromatic heterocycles. The summed E-state index contributed by atoms with van der Waals surface area (Å²) in [5.41, 5.74) is 0. The first-order chi connectivity index (χ1) is 22.3. The number of carbonyl (C=O) groups is 2. The van der Waals surface area contributed by atoms with Gasteiger partial charge in [0, 0.05) is 0 Å². The van der Waals surface area contributed by atoms with Crippen molar-refractivity contribution in [2.45, 2.75) is 110 Å². The maximum Gasteiger partial charge on any atom is 2.00 e. The van der Waals surface area contributed by atoms with Gasteiger partial charge < -0.3 is 120 Å². The van der Waals surface area contributed by atoms with Gasteiger partial charge in [-0.15, -0.1) is 0 Å². The number of aliphatic carboxylic acids is 2. The molecule has 0 aliphatic carbocycles. The van der Waals surface area contributed by atoms with Crippen LogP contribution in [0.25, 0.3) is 0 Å². The topological polar surface area (TPSA) is 441 Å². The number of carbonyl (C=O) groups excluding carboxylic acids is 2. The number of carboxylic acids is 2. The van der Waals surface area contributed by atoms with Gasteiger partial charge >= 0.3 is 37.7 Å². The minimum Gasteiger partial charge on any atom is -0.547 e. The third kappa shape index (κ3) is 12.8. The first-order valence-corrected chi connectivity index (χ1v) is 13.9. The zero-order chi connectivity index (χ0) is 37.2. The summed E-state index contributed by atoms with van der Waals surface area (Å²) in [5.74, 6) is -4.18. The number of hydrogen-bond acceptors (Lipinski definition) is 24. The van der Waals surface area contributed by atoms with E-state index < -0.39 is 149 Å². The van der Waals surface area contributed by atoms with Gasteiger partial charge in [-0.3, -0.25) is 0 Å². The van der Waals surface area contributed by atoms with Crippen LogP contribution in [0.15, 0.2) is 0 Å². The molecule has 2 rings (SSSR count). The summed E-state index contributed by atoms with van der Waals surface area (Å²) in [4.78, 5) is 21.2. The van der Waals surface area contributed by atoms with Gasteiger partial charge in [-0.2, -0.15) is 0 Å². The van der Waals surface area contributed by atoms with Crippen LogP contribution in [0.5, 0.6) is 0 Å². The molecule has 0 aromatic carbocycles. The van der Waals surface area contributed by atoms with Crippen LogP contribution >= 0.6 is 0 Å². The van der Waals surface area contributed by atoms with E-state index in [0.717, 1.165) is 0 Å². The number of ether oxygens (including phenoxy) is 4. The Morgan fingerprint density at radius 2 is 0.837 bits per heavy atom. The smallest absolute Gasteiger partial charge is 0.547 e. The van der Waals surface area contributed by atoms with Crippen LogP contribution in [0.4, 0.5) is 0 Å². The van der Waals surface area contributed by atoms with Crippen molar-refractivity contribution in [3.05, 3.63) is 0 Å². The molecule has 0 saturated carbocycles. The average Bonchev–Trinajstić information content (AvgIpc) is 3.07. The Balaban J connectivity index is 0.000000922. The molecule has 2 heterocycles. The quantitative estimate of drug-likeness (QED) is 0.0650. The first-order valence-electron chi connectivity index (χ1n) is 13.9. The number of aliphatic hydroxyl groups excluding tert-OH is 16. The van der Waals surface area contributed by atoms with Crippen LogP contribution in [0.1, 0.15) is 0 Å². The van der Waals surface area contributed by atoms with Crippen LogP contribution in [0.3, 0.4) is 0 Å². The molecule has 16 N–H and O–H groups in total. The second-order valence-electron chi connectivity index (χ2n) is 10.6. The Morgan fingerprint density at radius 1 is 0.551 bits per heavy atom. The Kier molecular flexibility index (Phi) is 22.2. The fourth-order valence-electron chi connectivity index (χ4n) is 4.31. The Morgan fingerprint density at radius 3 is 1.06 bits per heavy atom. The van der Waals surface area contributed by atoms with E-state index in [9.17, 15) is 81.1 Å². The van der Waals surface area contributed by atoms with Gasteiger partial charge in [-0.25, -0.2) is 0 Å². The third-order valence-corrected chi connectivity index (χ3v) is 7.22. The van der Waals surface area contributed by atoms with Crippen molar-refractivity contribution in [1.82, 2.24) is 0 Å². The molecule has 2 fully saturated rings. The maximum atomic E-state index is 10.6. The Hall–Kier alpha value is -0.600. The minimum atomic E-state index is -2.50. The molecule has 0 spiro atoms. The zero-order valence-electron chi connectivity index (χ0n) is 25.3. The van der Waals surface area contributed by atoms with Gasteiger partial charge in [-0.1, -0.05) is 0 Å². The summed E-state index contributed by atoms with van der Waals surface area (Å²) in [7, 11) is 0. The fourth-order valence-corrected chi connectivity index (χ4v) is 4.31. The molecule has 284 valence electrons. The van der Waals surface area contributed by atoms with Crippen molar-refractivity contribution in [1.29, 1.82) is 0 Å². The molecule has 25 heteroatoms. The summed E-state index contributed by atoms with van der Waals surface area (Å²) in [6, 6.07) is 0. The number of aliphatic hydroxyl groups is 16. The van der Waals surface area contributed by atoms with Crippen LogP contribution < -0.4 is 10.2 Å². The van der Waals surface area contributed by atoms with Crippen molar-refractivity contribution >= 4 is 49.7 Å². The summed E-state index contributed by atoms with van der Waals surface area (Å²) in [6.45, 7) is -3.58. The molecule has 0 radical (unpaired) electrons. The van der Waals surface area contributed by atoms with E-state index in [2.05, 4.69) is 0 Å². The predicted molar refractivity (Wildman–Crippen MR) is 143 cm³/mol. The standard InChI is InChI=1S/2C12H22O12.Ca/c2*13-1-3(15)10(7(18)8(19)11(21)22)24-12-9(20)6(17)5(16)4(2-14)23-12;/h2*3-10,12-20H,1-2H2,(H,21,22);/q;;+2/p-2/t3-,4-,5+,6+,7+,8-,9-,10+,12+;3-,4-,5+,6+,7-,8-,9-,10-,12+;/m11./s1. The van der Waals surface area contributed by atoms with Crippen molar-refractivity contribution in [2.75, 3.05) is 26.4 Å². The maximum absolute atomic E-state index is 10.6. The summed E-state index contributed by atoms with van der Waals surface area (Å²) < 4.78 is 19.9. The molecular weight excluding hydrogens is 712 g/mol. The molecule has 0 amide bonds. The van der Waals surface area contributed by atoms with Gasteiger partial charge in [0.25, 0.3) is 0 Å². The van der Waals surface area contributed by atoms with E-state index in [1.54, 1.807) is 0 Å². The second kappa shape index (κ2) is 22.5. The molecule has 24 nitrogen and oxygen atoms in total. The fraction of sp³-hybridized carbons (Fsp3) is 0.917. The van der Waals surface area contributed by atoms with Gasteiger partial charge in [0.15, 0.2) is 12.6 Å². The van der Waals surface area contributed by atoms with Gasteiger partial charge in [-0.05, 0) is 0 Å². The second-order valence-corrected chi connectivity index (χ2v) is 10.6. The summed E-state index contributed by atoms with van der Waals surface area (Å²) in [5, 5.41) is 173. The Labute approximate surface area is 305 Å². The molecule has 2 aliphatic heterocycles. The molecule has 0 aromatic rings. The monoisotopic (exact) mass is 754 g/mol. The van der Waals surface area contributed by atoms with Gasteiger partial charge in [0.1, 0.15) is 97.7 Å². The SMILES string of the molecule is O=C([O-])[C@H](O)[C@@H](O)[C@H](O[C@@H]1O[C@H](CO)[C@H](O)[C@H](O)[C@H]1O)[C@H](O)CO.O=C([O-])[C@H](O)[C@H](O)[C@@H](O[C@@H]1O[C@H](CO)[C@H](O)[C@H](O)[C@H]1O)[C@H](O)CO.[Ca+2]. The molecule has 18 atom stereocenters. The van der Waals surface area contributed by atoms with Crippen LogP contribution in [-0.2, 0) is 28.5 Å². The van der Waals surface area contributed by atoms with Crippen LogP contribution in [0.2, 0.25) is 0 Å². The van der Waals surface area contributed by atoms with E-state index in [-0.39, 0.29) is 37.7 Å². The van der Waals surface area contributed by atoms with Crippen molar-refractivity contribution in [3.63, 3.8) is 0 Å². The minimum absolute atomic E-state index is 0. The summed E-state index contributed by atoms with van der Waals surface area (Å²) in [6.07, 6.45) is -34.5. The largest absolute Gasteiger partial charge is 2.00 e. The van der Waals surface area contributed by atoms with Gasteiger partial charge in [0.05, 0.1) is 38.4 Å². The molecule has 49 heavy (non-hydrogen) atoms. The van der Waals surface area contributed by atoms with E-state index in [1.165, 1.54) is 0 Å². The molecular formula is C24H42CaO24. The number of carboxylic acid groups (broad SMARTS) is 2. The van der Waals surface area contributed by atoms with Crippen LogP contribution in [-0.4, -0.2) is 268 Å². The van der Waals surface area contributed by atoms with Crippen molar-refractivity contribution < 1.29 is 120 Å². The third-order valence-electron chi connectivity index (χ3n) is 7.22. The Bertz CT molecular complexity index is 888. The molecule has 2 saturated heterocycles. The van der Waals surface area contributed by atoms with E-state index in [1.807, 2.05) is 0 Å². The number of rotatable bonds is 16. The predicted octanol–water partition coefficient (Wildman–Crippen LogP) is -14.4. The number of hydrogen-bond donors (Lipinski definition) is 16. The van der Waals surface area contributed by atoms with Gasteiger partial charge in [0.2, 0.25) is 0 Å². The molecule has 2 aliphatic rings. The molecule has 0 bridgehead atoms. The molecule has 0 unspecified atom stereocenters. The van der Waals surface area contributed by atoms with Crippen molar-refractivity contribution in [2.24, 2.45) is 0 Å². The normalized spacial score (nSPS) is 35.2. The zero-order valence-corrected chi connectivity index (χ0v) is 27.6. The van der Waals surface area contributed by atoms with E-state index in [4.69, 9.17) is 39.4 Å². The van der Waals surface area contributed by atoms with E-state index in [0.29, 0.717) is 0 Å².